The van der Waals surface area contributed by atoms with Gasteiger partial charge in [0.05, 0.1) is 7.11 Å². The molecule has 2 nitrogen and oxygen atoms in total. The van der Waals surface area contributed by atoms with E-state index in [9.17, 15) is 0 Å². The van der Waals surface area contributed by atoms with E-state index in [1.165, 1.54) is 29.5 Å². The van der Waals surface area contributed by atoms with Gasteiger partial charge in [-0.05, 0) is 49.3 Å². The molecular formula is C13H19NO. The zero-order valence-corrected chi connectivity index (χ0v) is 9.71. The molecule has 1 saturated carbocycles. The van der Waals surface area contributed by atoms with Crippen molar-refractivity contribution in [3.05, 3.63) is 28.8 Å². The van der Waals surface area contributed by atoms with Crippen molar-refractivity contribution in [3.8, 4) is 5.75 Å². The van der Waals surface area contributed by atoms with Gasteiger partial charge >= 0.3 is 0 Å². The Morgan fingerprint density at radius 3 is 2.20 bits per heavy atom. The van der Waals surface area contributed by atoms with Crippen LogP contribution in [0.25, 0.3) is 0 Å². The quantitative estimate of drug-likeness (QED) is 0.823. The van der Waals surface area contributed by atoms with Crippen LogP contribution in [0.5, 0.6) is 5.75 Å². The Balaban J connectivity index is 2.33. The maximum absolute atomic E-state index is 6.19. The predicted octanol–water partition coefficient (Wildman–Crippen LogP) is 2.72. The van der Waals surface area contributed by atoms with Gasteiger partial charge in [-0.3, -0.25) is 0 Å². The molecule has 0 unspecified atom stereocenters. The van der Waals surface area contributed by atoms with Crippen LogP contribution in [0, 0.1) is 19.8 Å². The highest BCUT2D eigenvalue weighted by Gasteiger charge is 2.29. The van der Waals surface area contributed by atoms with Crippen LogP contribution in [0.4, 0.5) is 0 Å². The topological polar surface area (TPSA) is 35.2 Å². The van der Waals surface area contributed by atoms with E-state index in [1.807, 2.05) is 0 Å². The summed E-state index contributed by atoms with van der Waals surface area (Å²) >= 11 is 0. The van der Waals surface area contributed by atoms with E-state index in [2.05, 4.69) is 26.0 Å². The molecule has 0 spiro atoms. The third kappa shape index (κ3) is 2.00. The van der Waals surface area contributed by atoms with Crippen molar-refractivity contribution in [1.82, 2.24) is 0 Å². The van der Waals surface area contributed by atoms with Crippen molar-refractivity contribution in [1.29, 1.82) is 0 Å². The van der Waals surface area contributed by atoms with Gasteiger partial charge in [0.1, 0.15) is 5.75 Å². The van der Waals surface area contributed by atoms with E-state index in [0.29, 0.717) is 5.92 Å². The standard InChI is InChI=1S/C13H19NO/c1-8-6-11(12(14)10-4-5-10)7-9(2)13(8)15-3/h6-7,10,12H,4-5,14H2,1-3H3/t12-/m1/s1. The molecule has 2 N–H and O–H groups in total. The average molecular weight is 205 g/mol. The van der Waals surface area contributed by atoms with Gasteiger partial charge in [0.25, 0.3) is 0 Å². The molecule has 1 atom stereocenters. The summed E-state index contributed by atoms with van der Waals surface area (Å²) in [6, 6.07) is 4.54. The molecule has 2 rings (SSSR count). The molecule has 1 aliphatic carbocycles. The van der Waals surface area contributed by atoms with Crippen LogP contribution in [0.1, 0.15) is 35.6 Å². The van der Waals surface area contributed by atoms with Gasteiger partial charge in [-0.25, -0.2) is 0 Å². The third-order valence-corrected chi connectivity index (χ3v) is 3.20. The number of rotatable bonds is 3. The minimum atomic E-state index is 0.216. The summed E-state index contributed by atoms with van der Waals surface area (Å²) in [6.07, 6.45) is 2.57. The first-order valence-electron chi connectivity index (χ1n) is 5.54. The molecule has 0 aromatic heterocycles. The highest BCUT2D eigenvalue weighted by molar-refractivity contribution is 5.44. The van der Waals surface area contributed by atoms with E-state index in [1.54, 1.807) is 7.11 Å². The largest absolute Gasteiger partial charge is 0.496 e. The number of hydrogen-bond donors (Lipinski definition) is 1. The Morgan fingerprint density at radius 1 is 1.27 bits per heavy atom. The molecule has 1 fully saturated rings. The zero-order chi connectivity index (χ0) is 11.0. The molecule has 2 heteroatoms. The lowest BCUT2D eigenvalue weighted by Crippen LogP contribution is -2.13. The van der Waals surface area contributed by atoms with E-state index >= 15 is 0 Å². The minimum absolute atomic E-state index is 0.216. The fourth-order valence-electron chi connectivity index (χ4n) is 2.23. The normalized spacial score (nSPS) is 17.6. The highest BCUT2D eigenvalue weighted by atomic mass is 16.5. The van der Waals surface area contributed by atoms with Crippen LogP contribution in [-0.4, -0.2) is 7.11 Å². The molecule has 1 aliphatic rings. The van der Waals surface area contributed by atoms with E-state index in [0.717, 1.165) is 5.75 Å². The Kier molecular flexibility index (Phi) is 2.70. The summed E-state index contributed by atoms with van der Waals surface area (Å²) < 4.78 is 5.35. The van der Waals surface area contributed by atoms with Gasteiger partial charge in [0, 0.05) is 6.04 Å². The van der Waals surface area contributed by atoms with E-state index in [4.69, 9.17) is 10.5 Å². The van der Waals surface area contributed by atoms with Crippen molar-refractivity contribution >= 4 is 0 Å². The number of nitrogens with two attached hydrogens (primary N) is 1. The number of hydrogen-bond acceptors (Lipinski definition) is 2. The molecule has 15 heavy (non-hydrogen) atoms. The van der Waals surface area contributed by atoms with Gasteiger partial charge in [-0.15, -0.1) is 0 Å². The lowest BCUT2D eigenvalue weighted by Gasteiger charge is -2.15. The first-order chi connectivity index (χ1) is 7.13. The Bertz CT molecular complexity index is 346. The Morgan fingerprint density at radius 2 is 1.80 bits per heavy atom. The fraction of sp³-hybridized carbons (Fsp3) is 0.538. The van der Waals surface area contributed by atoms with Crippen molar-refractivity contribution in [3.63, 3.8) is 0 Å². The van der Waals surface area contributed by atoms with Gasteiger partial charge < -0.3 is 10.5 Å². The first-order valence-corrected chi connectivity index (χ1v) is 5.54. The molecule has 82 valence electrons. The van der Waals surface area contributed by atoms with Gasteiger partial charge in [-0.2, -0.15) is 0 Å². The van der Waals surface area contributed by atoms with Crippen molar-refractivity contribution in [2.45, 2.75) is 32.7 Å². The monoisotopic (exact) mass is 205 g/mol. The van der Waals surface area contributed by atoms with Crippen molar-refractivity contribution < 1.29 is 4.74 Å². The van der Waals surface area contributed by atoms with Gasteiger partial charge in [0.15, 0.2) is 0 Å². The molecule has 0 bridgehead atoms. The summed E-state index contributed by atoms with van der Waals surface area (Å²) in [6.45, 7) is 4.16. The van der Waals surface area contributed by atoms with E-state index < -0.39 is 0 Å². The summed E-state index contributed by atoms with van der Waals surface area (Å²) in [7, 11) is 1.72. The third-order valence-electron chi connectivity index (χ3n) is 3.20. The maximum atomic E-state index is 6.19. The first kappa shape index (κ1) is 10.5. The summed E-state index contributed by atoms with van der Waals surface area (Å²) in [5.41, 5.74) is 9.81. The highest BCUT2D eigenvalue weighted by Crippen LogP contribution is 2.40. The van der Waals surface area contributed by atoms with Crippen LogP contribution in [0.15, 0.2) is 12.1 Å². The Labute approximate surface area is 91.4 Å². The summed E-state index contributed by atoms with van der Waals surface area (Å²) in [4.78, 5) is 0. The van der Waals surface area contributed by atoms with Gasteiger partial charge in [-0.1, -0.05) is 12.1 Å². The second kappa shape index (κ2) is 3.86. The molecule has 0 heterocycles. The minimum Gasteiger partial charge on any atom is -0.496 e. The molecule has 0 saturated heterocycles. The van der Waals surface area contributed by atoms with Crippen molar-refractivity contribution in [2.24, 2.45) is 11.7 Å². The fourth-order valence-corrected chi connectivity index (χ4v) is 2.23. The van der Waals surface area contributed by atoms with Crippen LogP contribution >= 0.6 is 0 Å². The summed E-state index contributed by atoms with van der Waals surface area (Å²) in [5.74, 6) is 1.69. The zero-order valence-electron chi connectivity index (χ0n) is 9.71. The maximum Gasteiger partial charge on any atom is 0.124 e. The second-order valence-electron chi connectivity index (χ2n) is 4.55. The van der Waals surface area contributed by atoms with Crippen LogP contribution in [0.2, 0.25) is 0 Å². The number of benzene rings is 1. The molecule has 0 amide bonds. The molecule has 1 aromatic carbocycles. The van der Waals surface area contributed by atoms with Crippen LogP contribution < -0.4 is 10.5 Å². The lowest BCUT2D eigenvalue weighted by molar-refractivity contribution is 0.408. The molecule has 1 aromatic rings. The molecular weight excluding hydrogens is 186 g/mol. The van der Waals surface area contributed by atoms with Crippen LogP contribution in [-0.2, 0) is 0 Å². The van der Waals surface area contributed by atoms with Crippen LogP contribution in [0.3, 0.4) is 0 Å². The number of aryl methyl sites for hydroxylation is 2. The number of ether oxygens (including phenoxy) is 1. The predicted molar refractivity (Wildman–Crippen MR) is 62.1 cm³/mol. The lowest BCUT2D eigenvalue weighted by atomic mass is 9.98. The molecule has 0 aliphatic heterocycles. The Hall–Kier alpha value is -1.02. The van der Waals surface area contributed by atoms with Gasteiger partial charge in [0.2, 0.25) is 0 Å². The SMILES string of the molecule is COc1c(C)cc([C@H](N)C2CC2)cc1C. The molecule has 0 radical (unpaired) electrons. The summed E-state index contributed by atoms with van der Waals surface area (Å²) in [5, 5.41) is 0. The smallest absolute Gasteiger partial charge is 0.124 e. The second-order valence-corrected chi connectivity index (χ2v) is 4.55. The average Bonchev–Trinajstić information content (AvgIpc) is 2.99. The number of methoxy groups -OCH3 is 1. The van der Waals surface area contributed by atoms with E-state index in [-0.39, 0.29) is 6.04 Å². The van der Waals surface area contributed by atoms with Crippen molar-refractivity contribution in [2.75, 3.05) is 7.11 Å².